The largest absolute Gasteiger partial charge is 0.439 e. The highest BCUT2D eigenvalue weighted by molar-refractivity contribution is 5.33. The predicted octanol–water partition coefficient (Wildman–Crippen LogP) is 4.71. The first-order chi connectivity index (χ1) is 13.1. The Bertz CT molecular complexity index is 955. The summed E-state index contributed by atoms with van der Waals surface area (Å²) in [5, 5.41) is 9.18. The summed E-state index contributed by atoms with van der Waals surface area (Å²) in [4.78, 5) is 4.61. The van der Waals surface area contributed by atoms with E-state index in [0.29, 0.717) is 30.7 Å². The number of hydrogen-bond donors (Lipinski definition) is 0. The van der Waals surface area contributed by atoms with Crippen LogP contribution in [0.1, 0.15) is 31.4 Å². The van der Waals surface area contributed by atoms with Crippen LogP contribution in [0.2, 0.25) is 0 Å². The van der Waals surface area contributed by atoms with Gasteiger partial charge in [0.2, 0.25) is 5.88 Å². The lowest BCUT2D eigenvalue weighted by molar-refractivity contribution is -0.267. The van der Waals surface area contributed by atoms with E-state index in [1.807, 2.05) is 12.1 Å². The van der Waals surface area contributed by atoms with Crippen molar-refractivity contribution in [1.29, 1.82) is 5.26 Å². The van der Waals surface area contributed by atoms with Gasteiger partial charge in [0.1, 0.15) is 11.4 Å². The Hall–Kier alpha value is -2.52. The zero-order valence-corrected chi connectivity index (χ0v) is 14.6. The monoisotopic (exact) mass is 368 g/mol. The summed E-state index contributed by atoms with van der Waals surface area (Å²) >= 11 is 0. The molecule has 138 valence electrons. The zero-order valence-electron chi connectivity index (χ0n) is 14.6. The van der Waals surface area contributed by atoms with E-state index in [2.05, 4.69) is 11.1 Å². The van der Waals surface area contributed by atoms with Crippen molar-refractivity contribution in [3.05, 3.63) is 53.7 Å². The summed E-state index contributed by atoms with van der Waals surface area (Å²) in [6.07, 6.45) is 3.50. The number of halogens is 2. The number of hydrogen-bond acceptors (Lipinski definition) is 4. The summed E-state index contributed by atoms with van der Waals surface area (Å²) < 4.78 is 38.4. The van der Waals surface area contributed by atoms with Gasteiger partial charge in [-0.05, 0) is 49.3 Å². The third-order valence-corrected chi connectivity index (χ3v) is 6.67. The van der Waals surface area contributed by atoms with Gasteiger partial charge in [0.25, 0.3) is 0 Å². The second kappa shape index (κ2) is 5.74. The van der Waals surface area contributed by atoms with Crippen LogP contribution in [-0.2, 0) is 10.3 Å². The highest BCUT2D eigenvalue weighted by atomic mass is 19.2. The molecule has 2 saturated carbocycles. The number of aromatic nitrogens is 1. The topological polar surface area (TPSA) is 55.1 Å². The fraction of sp³-hybridized carbons (Fsp3) is 0.429. The predicted molar refractivity (Wildman–Crippen MR) is 91.8 cm³/mol. The molecule has 2 aliphatic carbocycles. The van der Waals surface area contributed by atoms with E-state index in [-0.39, 0.29) is 11.2 Å². The Morgan fingerprint density at radius 1 is 1.22 bits per heavy atom. The van der Waals surface area contributed by atoms with Gasteiger partial charge >= 0.3 is 0 Å². The van der Waals surface area contributed by atoms with Crippen molar-refractivity contribution in [3.63, 3.8) is 0 Å². The molecular weight excluding hydrogens is 350 g/mol. The van der Waals surface area contributed by atoms with Crippen LogP contribution in [0.4, 0.5) is 8.78 Å². The van der Waals surface area contributed by atoms with Gasteiger partial charge in [-0.15, -0.1) is 0 Å². The van der Waals surface area contributed by atoms with Gasteiger partial charge < -0.3 is 9.47 Å². The SMILES string of the molecule is N#CCC12CCC3C1CC3(c1cccc(Oc3ccc(F)c(F)c3)n1)OC2. The Labute approximate surface area is 155 Å². The molecule has 4 atom stereocenters. The quantitative estimate of drug-likeness (QED) is 0.784. The van der Waals surface area contributed by atoms with E-state index in [9.17, 15) is 14.0 Å². The lowest BCUT2D eigenvalue weighted by atomic mass is 9.53. The Balaban J connectivity index is 1.41. The highest BCUT2D eigenvalue weighted by Gasteiger charge is 2.70. The molecule has 27 heavy (non-hydrogen) atoms. The maximum absolute atomic E-state index is 13.4. The van der Waals surface area contributed by atoms with Crippen LogP contribution in [0, 0.1) is 40.2 Å². The standard InChI is InChI=1S/C21H18F2N2O2/c22-16-5-4-13(10-17(16)23)27-19-3-1-2-18(25-19)21-11-15-14(21)6-7-20(15,8-9-24)12-26-21/h1-5,10,14-15H,6-8,11-12H2. The van der Waals surface area contributed by atoms with Crippen LogP contribution in [-0.4, -0.2) is 11.6 Å². The van der Waals surface area contributed by atoms with Crippen LogP contribution >= 0.6 is 0 Å². The Kier molecular flexibility index (Phi) is 3.54. The number of nitriles is 1. The van der Waals surface area contributed by atoms with Crippen molar-refractivity contribution in [3.8, 4) is 17.7 Å². The second-order valence-electron chi connectivity index (χ2n) is 7.87. The van der Waals surface area contributed by atoms with Crippen molar-refractivity contribution in [2.75, 3.05) is 6.61 Å². The maximum atomic E-state index is 13.4. The van der Waals surface area contributed by atoms with Crippen LogP contribution in [0.15, 0.2) is 36.4 Å². The van der Waals surface area contributed by atoms with Crippen LogP contribution in [0.3, 0.4) is 0 Å². The van der Waals surface area contributed by atoms with Crippen LogP contribution in [0.5, 0.6) is 11.6 Å². The van der Waals surface area contributed by atoms with Gasteiger partial charge in [-0.2, -0.15) is 5.26 Å². The molecular formula is C21H18F2N2O2. The molecule has 6 heteroatoms. The summed E-state index contributed by atoms with van der Waals surface area (Å²) in [6, 6.07) is 11.2. The van der Waals surface area contributed by atoms with Gasteiger partial charge in [-0.1, -0.05) is 6.07 Å². The summed E-state index contributed by atoms with van der Waals surface area (Å²) in [6.45, 7) is 0.595. The molecule has 4 nitrogen and oxygen atoms in total. The molecule has 0 radical (unpaired) electrons. The minimum Gasteiger partial charge on any atom is -0.439 e. The fourth-order valence-corrected chi connectivity index (χ4v) is 5.27. The summed E-state index contributed by atoms with van der Waals surface area (Å²) in [5.41, 5.74) is 0.422. The van der Waals surface area contributed by atoms with Crippen LogP contribution < -0.4 is 4.74 Å². The number of pyridine rings is 1. The second-order valence-corrected chi connectivity index (χ2v) is 7.87. The van der Waals surface area contributed by atoms with Gasteiger partial charge in [0, 0.05) is 24.0 Å². The Morgan fingerprint density at radius 2 is 2.11 bits per heavy atom. The average Bonchev–Trinajstić information content (AvgIpc) is 2.86. The van der Waals surface area contributed by atoms with Crippen molar-refractivity contribution < 1.29 is 18.3 Å². The molecule has 0 N–H and O–H groups in total. The minimum absolute atomic E-state index is 0.0148. The molecule has 3 aliphatic rings. The van der Waals surface area contributed by atoms with Gasteiger partial charge in [-0.25, -0.2) is 13.8 Å². The van der Waals surface area contributed by atoms with Gasteiger partial charge in [0.15, 0.2) is 11.6 Å². The van der Waals surface area contributed by atoms with Crippen molar-refractivity contribution in [1.82, 2.24) is 4.98 Å². The number of benzene rings is 1. The summed E-state index contributed by atoms with van der Waals surface area (Å²) in [7, 11) is 0. The van der Waals surface area contributed by atoms with Gasteiger partial charge in [0.05, 0.1) is 18.4 Å². The van der Waals surface area contributed by atoms with Crippen molar-refractivity contribution >= 4 is 0 Å². The third kappa shape index (κ3) is 2.31. The molecule has 2 aromatic rings. The molecule has 2 bridgehead atoms. The van der Waals surface area contributed by atoms with Crippen LogP contribution in [0.25, 0.3) is 0 Å². The van der Waals surface area contributed by atoms with E-state index >= 15 is 0 Å². The van der Waals surface area contributed by atoms with Gasteiger partial charge in [-0.3, -0.25) is 0 Å². The molecule has 1 aliphatic heterocycles. The lowest BCUT2D eigenvalue weighted by Crippen LogP contribution is -2.61. The van der Waals surface area contributed by atoms with E-state index < -0.39 is 17.2 Å². The third-order valence-electron chi connectivity index (χ3n) is 6.67. The maximum Gasteiger partial charge on any atom is 0.219 e. The van der Waals surface area contributed by atoms with E-state index in [4.69, 9.17) is 9.47 Å². The van der Waals surface area contributed by atoms with Crippen molar-refractivity contribution in [2.45, 2.75) is 31.3 Å². The molecule has 1 aromatic heterocycles. The average molecular weight is 368 g/mol. The number of ether oxygens (including phenoxy) is 2. The van der Waals surface area contributed by atoms with E-state index in [1.54, 1.807) is 6.07 Å². The molecule has 1 saturated heterocycles. The smallest absolute Gasteiger partial charge is 0.219 e. The fourth-order valence-electron chi connectivity index (χ4n) is 5.27. The molecule has 0 spiro atoms. The molecule has 5 rings (SSSR count). The lowest BCUT2D eigenvalue weighted by Gasteiger charge is -2.61. The first-order valence-electron chi connectivity index (χ1n) is 9.18. The first-order valence-corrected chi connectivity index (χ1v) is 9.18. The molecule has 3 fully saturated rings. The molecule has 4 unspecified atom stereocenters. The minimum atomic E-state index is -0.959. The Morgan fingerprint density at radius 3 is 2.89 bits per heavy atom. The van der Waals surface area contributed by atoms with E-state index in [1.165, 1.54) is 6.07 Å². The molecule has 0 amide bonds. The van der Waals surface area contributed by atoms with E-state index in [0.717, 1.165) is 37.1 Å². The highest BCUT2D eigenvalue weighted by Crippen LogP contribution is 2.71. The van der Waals surface area contributed by atoms with Crippen molar-refractivity contribution in [2.24, 2.45) is 17.3 Å². The first kappa shape index (κ1) is 16.6. The number of fused-ring (bicyclic) bond motifs is 2. The normalized spacial score (nSPS) is 33.2. The zero-order chi connectivity index (χ0) is 18.6. The molecule has 1 aromatic carbocycles. The number of rotatable bonds is 4. The number of nitrogens with zero attached hydrogens (tertiary/aromatic N) is 2. The molecule has 2 heterocycles. The summed E-state index contributed by atoms with van der Waals surface area (Å²) in [5.74, 6) is -0.456.